The number of likely N-dealkylation sites (tertiary alicyclic amines) is 1. The summed E-state index contributed by atoms with van der Waals surface area (Å²) in [4.78, 5) is 14.3. The second-order valence-electron chi connectivity index (χ2n) is 5.60. The van der Waals surface area contributed by atoms with E-state index in [4.69, 9.17) is 14.9 Å². The quantitative estimate of drug-likeness (QED) is 0.881. The first-order valence-electron chi connectivity index (χ1n) is 7.24. The second-order valence-corrected chi connectivity index (χ2v) is 5.60. The van der Waals surface area contributed by atoms with Gasteiger partial charge in [0.1, 0.15) is 5.58 Å². The Morgan fingerprint density at radius 2 is 2.14 bits per heavy atom. The molecule has 1 fully saturated rings. The normalized spacial score (nSPS) is 16.5. The number of benzene rings is 1. The van der Waals surface area contributed by atoms with Gasteiger partial charge in [0, 0.05) is 37.9 Å². The van der Waals surface area contributed by atoms with E-state index in [2.05, 4.69) is 0 Å². The molecule has 5 heteroatoms. The molecule has 2 heterocycles. The van der Waals surface area contributed by atoms with Crippen LogP contribution in [0.3, 0.4) is 0 Å². The molecule has 3 rings (SSSR count). The molecule has 0 bridgehead atoms. The van der Waals surface area contributed by atoms with Gasteiger partial charge in [-0.05, 0) is 43.0 Å². The summed E-state index contributed by atoms with van der Waals surface area (Å²) < 4.78 is 10.8. The van der Waals surface area contributed by atoms with Gasteiger partial charge in [-0.1, -0.05) is 0 Å². The highest BCUT2D eigenvalue weighted by molar-refractivity contribution is 5.96. The maximum absolute atomic E-state index is 12.5. The average Bonchev–Trinajstić information content (AvgIpc) is 2.90. The number of nitrogens with zero attached hydrogens (tertiary/aromatic N) is 1. The Bertz CT molecular complexity index is 642. The molecular formula is C16H20N2O3. The lowest BCUT2D eigenvalue weighted by atomic mass is 9.97. The Hall–Kier alpha value is -2.01. The van der Waals surface area contributed by atoms with Gasteiger partial charge in [-0.15, -0.1) is 0 Å². The molecule has 21 heavy (non-hydrogen) atoms. The summed E-state index contributed by atoms with van der Waals surface area (Å²) in [5, 5.41) is 0.868. The van der Waals surface area contributed by atoms with Crippen molar-refractivity contribution < 1.29 is 13.9 Å². The topological polar surface area (TPSA) is 68.7 Å². The monoisotopic (exact) mass is 288 g/mol. The number of amides is 1. The van der Waals surface area contributed by atoms with Crippen molar-refractivity contribution in [3.8, 4) is 0 Å². The number of carbonyl (C=O) groups is 1. The van der Waals surface area contributed by atoms with Crippen molar-refractivity contribution in [2.45, 2.75) is 12.8 Å². The molecule has 0 unspecified atom stereocenters. The van der Waals surface area contributed by atoms with Gasteiger partial charge in [0.2, 0.25) is 0 Å². The minimum atomic E-state index is -0.0411. The molecule has 2 aromatic rings. The lowest BCUT2D eigenvalue weighted by molar-refractivity contribution is 0.0587. The predicted molar refractivity (Wildman–Crippen MR) is 81.1 cm³/mol. The summed E-state index contributed by atoms with van der Waals surface area (Å²) in [5.74, 6) is 0.899. The minimum Gasteiger partial charge on any atom is -0.451 e. The van der Waals surface area contributed by atoms with Crippen LogP contribution in [0.15, 0.2) is 28.7 Å². The van der Waals surface area contributed by atoms with Gasteiger partial charge in [0.05, 0.1) is 0 Å². The molecule has 1 saturated heterocycles. The number of hydrogen-bond donors (Lipinski definition) is 1. The van der Waals surface area contributed by atoms with Crippen LogP contribution < -0.4 is 5.73 Å². The first-order chi connectivity index (χ1) is 10.2. The Morgan fingerprint density at radius 3 is 2.86 bits per heavy atom. The molecule has 0 aliphatic carbocycles. The highest BCUT2D eigenvalue weighted by atomic mass is 16.5. The summed E-state index contributed by atoms with van der Waals surface area (Å²) in [6, 6.07) is 7.16. The van der Waals surface area contributed by atoms with Gasteiger partial charge in [0.25, 0.3) is 5.91 Å². The molecule has 0 saturated carbocycles. The van der Waals surface area contributed by atoms with Crippen LogP contribution in [0.2, 0.25) is 0 Å². The van der Waals surface area contributed by atoms with Gasteiger partial charge in [0.15, 0.2) is 5.76 Å². The van der Waals surface area contributed by atoms with Crippen LogP contribution in [-0.4, -0.2) is 37.6 Å². The summed E-state index contributed by atoms with van der Waals surface area (Å²) in [6.45, 7) is 2.28. The fourth-order valence-electron chi connectivity index (χ4n) is 2.86. The van der Waals surface area contributed by atoms with Crippen LogP contribution in [0.5, 0.6) is 0 Å². The molecule has 2 N–H and O–H groups in total. The molecule has 0 atom stereocenters. The van der Waals surface area contributed by atoms with E-state index in [0.717, 1.165) is 37.9 Å². The van der Waals surface area contributed by atoms with E-state index in [0.29, 0.717) is 22.9 Å². The maximum Gasteiger partial charge on any atom is 0.289 e. The lowest BCUT2D eigenvalue weighted by Crippen LogP contribution is -2.39. The smallest absolute Gasteiger partial charge is 0.289 e. The lowest BCUT2D eigenvalue weighted by Gasteiger charge is -2.31. The zero-order valence-electron chi connectivity index (χ0n) is 12.2. The Kier molecular flexibility index (Phi) is 3.84. The van der Waals surface area contributed by atoms with Crippen molar-refractivity contribution in [1.82, 2.24) is 4.90 Å². The SMILES string of the molecule is COCC1CCN(C(=O)c2cc3cc(N)ccc3o2)CC1. The Labute approximate surface area is 123 Å². The maximum atomic E-state index is 12.5. The van der Waals surface area contributed by atoms with E-state index in [1.165, 1.54) is 0 Å². The van der Waals surface area contributed by atoms with Gasteiger partial charge >= 0.3 is 0 Å². The summed E-state index contributed by atoms with van der Waals surface area (Å²) in [7, 11) is 1.72. The average molecular weight is 288 g/mol. The summed E-state index contributed by atoms with van der Waals surface area (Å²) >= 11 is 0. The number of anilines is 1. The number of carbonyl (C=O) groups excluding carboxylic acids is 1. The number of nitrogen functional groups attached to an aromatic ring is 1. The van der Waals surface area contributed by atoms with Crippen molar-refractivity contribution in [2.75, 3.05) is 32.5 Å². The standard InChI is InChI=1S/C16H20N2O3/c1-20-10-11-4-6-18(7-5-11)16(19)15-9-12-8-13(17)2-3-14(12)21-15/h2-3,8-9,11H,4-7,10,17H2,1H3. The van der Waals surface area contributed by atoms with Crippen LogP contribution in [0, 0.1) is 5.92 Å². The van der Waals surface area contributed by atoms with Gasteiger partial charge in [-0.25, -0.2) is 0 Å². The van der Waals surface area contributed by atoms with Crippen LogP contribution in [-0.2, 0) is 4.74 Å². The summed E-state index contributed by atoms with van der Waals surface area (Å²) in [5.41, 5.74) is 7.11. The molecule has 1 aromatic heterocycles. The van der Waals surface area contributed by atoms with Crippen LogP contribution in [0.4, 0.5) is 5.69 Å². The van der Waals surface area contributed by atoms with E-state index in [9.17, 15) is 4.79 Å². The first-order valence-corrected chi connectivity index (χ1v) is 7.24. The number of ether oxygens (including phenoxy) is 1. The van der Waals surface area contributed by atoms with E-state index in [1.807, 2.05) is 11.0 Å². The van der Waals surface area contributed by atoms with E-state index < -0.39 is 0 Å². The van der Waals surface area contributed by atoms with Gasteiger partial charge in [-0.3, -0.25) is 4.79 Å². The van der Waals surface area contributed by atoms with Crippen molar-refractivity contribution in [3.63, 3.8) is 0 Å². The molecule has 1 aliphatic heterocycles. The summed E-state index contributed by atoms with van der Waals surface area (Å²) in [6.07, 6.45) is 1.96. The number of furan rings is 1. The molecule has 0 radical (unpaired) electrons. The first kappa shape index (κ1) is 13.9. The fourth-order valence-corrected chi connectivity index (χ4v) is 2.86. The predicted octanol–water partition coefficient (Wildman–Crippen LogP) is 2.51. The van der Waals surface area contributed by atoms with E-state index in [1.54, 1.807) is 25.3 Å². The fraction of sp³-hybridized carbons (Fsp3) is 0.438. The number of fused-ring (bicyclic) bond motifs is 1. The molecule has 1 aliphatic rings. The highest BCUT2D eigenvalue weighted by Crippen LogP contribution is 2.24. The highest BCUT2D eigenvalue weighted by Gasteiger charge is 2.25. The van der Waals surface area contributed by atoms with Crippen molar-refractivity contribution in [1.29, 1.82) is 0 Å². The second kappa shape index (κ2) is 5.77. The molecule has 5 nitrogen and oxygen atoms in total. The van der Waals surface area contributed by atoms with Crippen molar-refractivity contribution in [3.05, 3.63) is 30.0 Å². The number of piperidine rings is 1. The van der Waals surface area contributed by atoms with Crippen molar-refractivity contribution in [2.24, 2.45) is 5.92 Å². The van der Waals surface area contributed by atoms with Crippen molar-refractivity contribution >= 4 is 22.6 Å². The minimum absolute atomic E-state index is 0.0411. The third kappa shape index (κ3) is 2.88. The van der Waals surface area contributed by atoms with Crippen LogP contribution in [0.25, 0.3) is 11.0 Å². The number of hydrogen-bond acceptors (Lipinski definition) is 4. The molecule has 112 valence electrons. The third-order valence-electron chi connectivity index (χ3n) is 4.06. The van der Waals surface area contributed by atoms with Crippen LogP contribution in [0.1, 0.15) is 23.4 Å². The zero-order valence-corrected chi connectivity index (χ0v) is 12.2. The van der Waals surface area contributed by atoms with E-state index in [-0.39, 0.29) is 5.91 Å². The number of rotatable bonds is 3. The number of nitrogens with two attached hydrogens (primary N) is 1. The Morgan fingerprint density at radius 1 is 1.38 bits per heavy atom. The molecular weight excluding hydrogens is 268 g/mol. The van der Waals surface area contributed by atoms with E-state index >= 15 is 0 Å². The molecule has 1 amide bonds. The number of methoxy groups -OCH3 is 1. The zero-order chi connectivity index (χ0) is 14.8. The molecule has 1 aromatic carbocycles. The van der Waals surface area contributed by atoms with Gasteiger partial charge in [-0.2, -0.15) is 0 Å². The third-order valence-corrected chi connectivity index (χ3v) is 4.06. The van der Waals surface area contributed by atoms with Crippen LogP contribution >= 0.6 is 0 Å². The molecule has 0 spiro atoms. The van der Waals surface area contributed by atoms with Gasteiger partial charge < -0.3 is 19.8 Å². The Balaban J connectivity index is 1.72. The largest absolute Gasteiger partial charge is 0.451 e.